The van der Waals surface area contributed by atoms with E-state index in [1.165, 1.54) is 4.90 Å². The van der Waals surface area contributed by atoms with Crippen LogP contribution in [0.3, 0.4) is 0 Å². The molecule has 2 saturated heterocycles. The summed E-state index contributed by atoms with van der Waals surface area (Å²) in [6.45, 7) is 17.0. The zero-order chi connectivity index (χ0) is 34.4. The number of cyclic esters (lactones) is 1. The number of carbonyl (C=O) groups excluding carboxylic acids is 6. The first-order chi connectivity index (χ1) is 21.2. The summed E-state index contributed by atoms with van der Waals surface area (Å²) in [4.78, 5) is 81.7. The molecule has 4 aliphatic rings. The molecule has 4 rings (SSSR count). The minimum Gasteiger partial charge on any atom is -0.449 e. The van der Waals surface area contributed by atoms with E-state index in [1.807, 2.05) is 41.5 Å². The Bertz CT molecular complexity index is 1230. The number of fused-ring (bicyclic) bond motifs is 1. The number of amides is 6. The number of Topliss-reactive ketones (excluding diaryl/α,β-unsaturated/α-hetero) is 1. The van der Waals surface area contributed by atoms with Crippen LogP contribution >= 0.6 is 0 Å². The van der Waals surface area contributed by atoms with Gasteiger partial charge in [0.25, 0.3) is 5.91 Å². The molecule has 5 N–H and O–H groups in total. The fourth-order valence-electron chi connectivity index (χ4n) is 7.20. The number of urea groups is 1. The van der Waals surface area contributed by atoms with Gasteiger partial charge in [0.2, 0.25) is 17.6 Å². The number of nitrogens with one attached hydrogen (secondary N) is 3. The molecule has 0 radical (unpaired) electrons. The van der Waals surface area contributed by atoms with Gasteiger partial charge in [0.15, 0.2) is 0 Å². The van der Waals surface area contributed by atoms with Crippen molar-refractivity contribution < 1.29 is 33.5 Å². The summed E-state index contributed by atoms with van der Waals surface area (Å²) in [7, 11) is 0. The first kappa shape index (κ1) is 35.5. The Morgan fingerprint density at radius 3 is 2.15 bits per heavy atom. The fourth-order valence-corrected chi connectivity index (χ4v) is 7.20. The standard InChI is InChI=1S/C33H54N6O7/c1-31(2,3)21(17-38-13-10-14-46-30(38)45)36-29(44)37-25(32(4,5)6)28(43)39-16-19-22(33(19,7)8)23(39)27(42)35-20(24(40)26(34)41)15-18-11-9-12-18/h18-23,25H,9-17H2,1-8H3,(H2,34,41)(H,35,42)(H2,36,37,44). The number of hydrogen-bond donors (Lipinski definition) is 4. The van der Waals surface area contributed by atoms with Crippen molar-refractivity contribution in [3.63, 3.8) is 0 Å². The number of ether oxygens (including phenoxy) is 1. The molecule has 13 nitrogen and oxygen atoms in total. The van der Waals surface area contributed by atoms with E-state index in [9.17, 15) is 28.8 Å². The third-order valence-electron chi connectivity index (χ3n) is 10.6. The van der Waals surface area contributed by atoms with Crippen molar-refractivity contribution in [2.75, 3.05) is 26.2 Å². The van der Waals surface area contributed by atoms with Gasteiger partial charge in [0.05, 0.1) is 18.7 Å². The summed E-state index contributed by atoms with van der Waals surface area (Å²) in [5.41, 5.74) is 4.01. The summed E-state index contributed by atoms with van der Waals surface area (Å²) < 4.78 is 5.17. The van der Waals surface area contributed by atoms with Gasteiger partial charge in [-0.3, -0.25) is 19.2 Å². The molecule has 13 heteroatoms. The number of ketones is 1. The van der Waals surface area contributed by atoms with Crippen LogP contribution in [0.4, 0.5) is 9.59 Å². The monoisotopic (exact) mass is 646 g/mol. The van der Waals surface area contributed by atoms with E-state index in [4.69, 9.17) is 10.5 Å². The average Bonchev–Trinajstić information content (AvgIpc) is 3.24. The minimum atomic E-state index is -1.10. The highest BCUT2D eigenvalue weighted by Gasteiger charge is 2.70. The van der Waals surface area contributed by atoms with Crippen molar-refractivity contribution in [1.82, 2.24) is 25.8 Å². The van der Waals surface area contributed by atoms with Crippen LogP contribution in [0.25, 0.3) is 0 Å². The third kappa shape index (κ3) is 7.60. The molecule has 2 saturated carbocycles. The van der Waals surface area contributed by atoms with Gasteiger partial charge in [-0.15, -0.1) is 0 Å². The van der Waals surface area contributed by atoms with Crippen LogP contribution in [0.2, 0.25) is 0 Å². The van der Waals surface area contributed by atoms with Crippen LogP contribution in [-0.2, 0) is 23.9 Å². The molecule has 2 heterocycles. The molecule has 0 aromatic carbocycles. The van der Waals surface area contributed by atoms with Gasteiger partial charge >= 0.3 is 12.1 Å². The van der Waals surface area contributed by atoms with Crippen LogP contribution in [0.15, 0.2) is 0 Å². The Balaban J connectivity index is 1.51. The van der Waals surface area contributed by atoms with Crippen LogP contribution < -0.4 is 21.7 Å². The van der Waals surface area contributed by atoms with Gasteiger partial charge in [0.1, 0.15) is 12.1 Å². The number of carbonyl (C=O) groups is 6. The quantitative estimate of drug-likeness (QED) is 0.248. The molecule has 0 bridgehead atoms. The molecular formula is C33H54N6O7. The number of nitrogens with zero attached hydrogens (tertiary/aromatic N) is 2. The Hall–Kier alpha value is -3.38. The number of piperidine rings is 1. The first-order valence-electron chi connectivity index (χ1n) is 16.7. The maximum Gasteiger partial charge on any atom is 0.409 e. The number of likely N-dealkylation sites (tertiary alicyclic amines) is 1. The number of nitrogens with two attached hydrogens (primary N) is 1. The summed E-state index contributed by atoms with van der Waals surface area (Å²) in [5.74, 6) is -2.63. The molecule has 4 fully saturated rings. The zero-order valence-electron chi connectivity index (χ0n) is 28.7. The summed E-state index contributed by atoms with van der Waals surface area (Å²) >= 11 is 0. The summed E-state index contributed by atoms with van der Waals surface area (Å²) in [5, 5.41) is 8.67. The zero-order valence-corrected chi connectivity index (χ0v) is 28.7. The van der Waals surface area contributed by atoms with Crippen molar-refractivity contribution in [3.05, 3.63) is 0 Å². The molecule has 0 spiro atoms. The molecule has 2 aliphatic heterocycles. The van der Waals surface area contributed by atoms with Crippen LogP contribution in [0.1, 0.15) is 87.5 Å². The van der Waals surface area contributed by atoms with Gasteiger partial charge in [-0.1, -0.05) is 74.7 Å². The normalized spacial score (nSPS) is 26.1. The molecule has 0 aromatic rings. The van der Waals surface area contributed by atoms with Crippen LogP contribution in [0, 0.1) is 34.0 Å². The lowest BCUT2D eigenvalue weighted by Gasteiger charge is -2.39. The van der Waals surface area contributed by atoms with E-state index in [0.29, 0.717) is 32.5 Å². The van der Waals surface area contributed by atoms with Crippen LogP contribution in [0.5, 0.6) is 0 Å². The molecule has 6 amide bonds. The van der Waals surface area contributed by atoms with Gasteiger partial charge in [-0.05, 0) is 46.8 Å². The van der Waals surface area contributed by atoms with E-state index in [2.05, 4.69) is 29.8 Å². The van der Waals surface area contributed by atoms with Crippen molar-refractivity contribution >= 4 is 35.6 Å². The van der Waals surface area contributed by atoms with Crippen LogP contribution in [-0.4, -0.2) is 95.8 Å². The maximum atomic E-state index is 14.3. The summed E-state index contributed by atoms with van der Waals surface area (Å²) in [6.07, 6.45) is 3.50. The van der Waals surface area contributed by atoms with E-state index in [1.54, 1.807) is 4.90 Å². The van der Waals surface area contributed by atoms with Crippen molar-refractivity contribution in [2.24, 2.45) is 39.7 Å². The highest BCUT2D eigenvalue weighted by molar-refractivity contribution is 6.37. The van der Waals surface area contributed by atoms with Crippen molar-refractivity contribution in [3.8, 4) is 0 Å². The Labute approximate surface area is 272 Å². The summed E-state index contributed by atoms with van der Waals surface area (Å²) in [6, 6.07) is -3.89. The molecule has 46 heavy (non-hydrogen) atoms. The third-order valence-corrected chi connectivity index (χ3v) is 10.6. The SMILES string of the molecule is CC(C)(C)C(CN1CCCOC1=O)NC(=O)NC(C(=O)N1CC2C(C1C(=O)NC(CC1CCC1)C(=O)C(N)=O)C2(C)C)C(C)(C)C. The number of rotatable bonds is 11. The number of hydrogen-bond acceptors (Lipinski definition) is 7. The van der Waals surface area contributed by atoms with Crippen molar-refractivity contribution in [1.29, 1.82) is 0 Å². The average molecular weight is 647 g/mol. The largest absolute Gasteiger partial charge is 0.449 e. The van der Waals surface area contributed by atoms with E-state index >= 15 is 0 Å². The second-order valence-electron chi connectivity index (χ2n) is 16.5. The van der Waals surface area contributed by atoms with Gasteiger partial charge < -0.3 is 36.2 Å². The van der Waals surface area contributed by atoms with E-state index < -0.39 is 70.6 Å². The minimum absolute atomic E-state index is 0.0770. The topological polar surface area (TPSA) is 180 Å². The maximum absolute atomic E-state index is 14.3. The highest BCUT2D eigenvalue weighted by Crippen LogP contribution is 2.65. The Morgan fingerprint density at radius 2 is 1.63 bits per heavy atom. The predicted octanol–water partition coefficient (Wildman–Crippen LogP) is 2.17. The van der Waals surface area contributed by atoms with E-state index in [0.717, 1.165) is 19.3 Å². The molecule has 6 unspecified atom stereocenters. The molecule has 258 valence electrons. The van der Waals surface area contributed by atoms with Gasteiger partial charge in [-0.2, -0.15) is 0 Å². The van der Waals surface area contributed by atoms with Crippen molar-refractivity contribution in [2.45, 2.75) is 112 Å². The van der Waals surface area contributed by atoms with Gasteiger partial charge in [0, 0.05) is 19.6 Å². The lowest BCUT2D eigenvalue weighted by Crippen LogP contribution is -2.63. The van der Waals surface area contributed by atoms with Gasteiger partial charge in [-0.25, -0.2) is 9.59 Å². The van der Waals surface area contributed by atoms with E-state index in [-0.39, 0.29) is 29.7 Å². The highest BCUT2D eigenvalue weighted by atomic mass is 16.6. The molecular weight excluding hydrogens is 592 g/mol. The second-order valence-corrected chi connectivity index (χ2v) is 16.5. The Morgan fingerprint density at radius 1 is 0.978 bits per heavy atom. The molecule has 2 aliphatic carbocycles. The Kier molecular flexibility index (Phi) is 10.0. The lowest BCUT2D eigenvalue weighted by atomic mass is 9.80. The molecule has 6 atom stereocenters. The lowest BCUT2D eigenvalue weighted by molar-refractivity contribution is -0.145. The fraction of sp³-hybridized carbons (Fsp3) is 0.818. The predicted molar refractivity (Wildman–Crippen MR) is 170 cm³/mol. The number of primary amides is 1. The second kappa shape index (κ2) is 13.0. The first-order valence-corrected chi connectivity index (χ1v) is 16.7. The molecule has 0 aromatic heterocycles. The smallest absolute Gasteiger partial charge is 0.409 e.